The Bertz CT molecular complexity index is 1790. The first-order valence-electron chi connectivity index (χ1n) is 24.0. The minimum Gasteiger partial charge on any atom is -0.460 e. The van der Waals surface area contributed by atoms with Gasteiger partial charge in [-0.1, -0.05) is 71.1 Å². The van der Waals surface area contributed by atoms with E-state index in [2.05, 4.69) is 0 Å². The molecular formula is C51H79NO14. The van der Waals surface area contributed by atoms with Crippen LogP contribution in [0.4, 0.5) is 0 Å². The van der Waals surface area contributed by atoms with Crippen LogP contribution in [0.15, 0.2) is 47.6 Å². The van der Waals surface area contributed by atoms with Crippen LogP contribution in [0.25, 0.3) is 0 Å². The fraction of sp³-hybridized carbons (Fsp3) is 0.745. The lowest BCUT2D eigenvalue weighted by Gasteiger charge is -2.44. The first kappa shape index (κ1) is 55.2. The normalized spacial score (nSPS) is 39.8. The molecule has 0 aromatic carbocycles. The molecule has 3 heterocycles. The summed E-state index contributed by atoms with van der Waals surface area (Å²) >= 11 is 0. The summed E-state index contributed by atoms with van der Waals surface area (Å²) in [6, 6.07) is -1.21. The second kappa shape index (κ2) is 25.3. The number of ketones is 3. The molecule has 2 saturated heterocycles. The lowest BCUT2D eigenvalue weighted by molar-refractivity contribution is -0.285. The highest BCUT2D eigenvalue weighted by Crippen LogP contribution is 2.38. The minimum atomic E-state index is -2.71. The van der Waals surface area contributed by atoms with Crippen molar-refractivity contribution in [3.05, 3.63) is 47.6 Å². The van der Waals surface area contributed by atoms with Crippen LogP contribution in [0.2, 0.25) is 0 Å². The number of rotatable bonds is 6. The van der Waals surface area contributed by atoms with Crippen molar-refractivity contribution in [3.63, 3.8) is 0 Å². The van der Waals surface area contributed by atoms with Crippen molar-refractivity contribution in [2.24, 2.45) is 35.5 Å². The van der Waals surface area contributed by atoms with Gasteiger partial charge < -0.3 is 49.0 Å². The summed E-state index contributed by atoms with van der Waals surface area (Å²) in [6.45, 7) is 12.3. The van der Waals surface area contributed by atoms with Crippen LogP contribution in [0.5, 0.6) is 0 Å². The third-order valence-corrected chi connectivity index (χ3v) is 14.6. The van der Waals surface area contributed by atoms with E-state index in [-0.39, 0.29) is 67.7 Å². The summed E-state index contributed by atoms with van der Waals surface area (Å²) in [7, 11) is 4.44. The molecule has 372 valence electrons. The fourth-order valence-electron chi connectivity index (χ4n) is 10.2. The highest BCUT2D eigenvalue weighted by molar-refractivity contribution is 6.39. The van der Waals surface area contributed by atoms with Gasteiger partial charge in [-0.25, -0.2) is 4.79 Å². The van der Waals surface area contributed by atoms with Gasteiger partial charge in [0.2, 0.25) is 5.79 Å². The van der Waals surface area contributed by atoms with Gasteiger partial charge in [0.1, 0.15) is 30.1 Å². The smallest absolute Gasteiger partial charge is 0.329 e. The number of allylic oxidation sites excluding steroid dienone is 6. The van der Waals surface area contributed by atoms with E-state index in [4.69, 9.17) is 23.7 Å². The topological polar surface area (TPSA) is 216 Å². The number of amides is 1. The SMILES string of the molecule is CO[C@@H]1C[C@@H]2CC(O)[C@@H](C)[C@@](O)(O2)C(=O)C(=O)N2CCCC[C@H]2C(=O)O[C@H]([C@H](C)C[C@@H]2CC[C@@H](O)[C@H](OC)C2)CC(=O)[C@H](C)/C=C(/C)[C@@H](O)[C@@H](OC)C(=O)[C@H](C)C[C@@H](C)/C=C\C=CC=C1C. The Morgan fingerprint density at radius 2 is 1.55 bits per heavy atom. The van der Waals surface area contributed by atoms with Gasteiger partial charge in [-0.2, -0.15) is 0 Å². The summed E-state index contributed by atoms with van der Waals surface area (Å²) in [5, 5.41) is 45.0. The number of methoxy groups -OCH3 is 3. The highest BCUT2D eigenvalue weighted by Gasteiger charge is 2.56. The van der Waals surface area contributed by atoms with Gasteiger partial charge in [0.25, 0.3) is 11.7 Å². The van der Waals surface area contributed by atoms with E-state index in [9.17, 15) is 44.4 Å². The zero-order chi connectivity index (χ0) is 49.0. The van der Waals surface area contributed by atoms with Crippen molar-refractivity contribution in [2.45, 2.75) is 180 Å². The molecule has 15 heteroatoms. The maximum absolute atomic E-state index is 14.4. The summed E-state index contributed by atoms with van der Waals surface area (Å²) < 4.78 is 29.2. The molecule has 1 saturated carbocycles. The molecule has 3 fully saturated rings. The molecule has 1 aliphatic carbocycles. The molecule has 4 aliphatic rings. The average Bonchev–Trinajstić information content (AvgIpc) is 3.29. The van der Waals surface area contributed by atoms with Gasteiger partial charge in [0.15, 0.2) is 5.78 Å². The summed E-state index contributed by atoms with van der Waals surface area (Å²) in [5.41, 5.74) is 1.17. The van der Waals surface area contributed by atoms with E-state index in [1.807, 2.05) is 51.2 Å². The Balaban J connectivity index is 1.72. The number of fused-ring (bicyclic) bond motifs is 3. The number of hydrogen-bond acceptors (Lipinski definition) is 14. The number of nitrogens with zero attached hydrogens (tertiary/aromatic N) is 1. The molecular weight excluding hydrogens is 851 g/mol. The van der Waals surface area contributed by atoms with Gasteiger partial charge in [-0.05, 0) is 94.1 Å². The minimum absolute atomic E-state index is 0.00715. The lowest BCUT2D eigenvalue weighted by Crippen LogP contribution is -2.63. The molecule has 0 spiro atoms. The third kappa shape index (κ3) is 14.1. The van der Waals surface area contributed by atoms with E-state index in [1.165, 1.54) is 21.1 Å². The number of carbonyl (C=O) groups excluding carboxylic acids is 5. The number of hydrogen-bond donors (Lipinski definition) is 4. The van der Waals surface area contributed by atoms with E-state index >= 15 is 0 Å². The van der Waals surface area contributed by atoms with Gasteiger partial charge >= 0.3 is 5.97 Å². The molecule has 15 nitrogen and oxygen atoms in total. The van der Waals surface area contributed by atoms with E-state index in [1.54, 1.807) is 34.0 Å². The van der Waals surface area contributed by atoms with Gasteiger partial charge in [-0.3, -0.25) is 19.2 Å². The van der Waals surface area contributed by atoms with E-state index in [0.717, 1.165) is 10.5 Å². The Kier molecular flexibility index (Phi) is 21.1. The van der Waals surface area contributed by atoms with Crippen molar-refractivity contribution in [3.8, 4) is 0 Å². The molecule has 4 N–H and O–H groups in total. The van der Waals surface area contributed by atoms with Crippen LogP contribution in [-0.2, 0) is 47.7 Å². The molecule has 1 amide bonds. The maximum Gasteiger partial charge on any atom is 0.329 e. The quantitative estimate of drug-likeness (QED) is 0.154. The molecule has 3 aliphatic heterocycles. The van der Waals surface area contributed by atoms with Crippen LogP contribution < -0.4 is 0 Å². The number of ether oxygens (including phenoxy) is 5. The monoisotopic (exact) mass is 930 g/mol. The number of piperidine rings is 1. The Morgan fingerprint density at radius 3 is 2.21 bits per heavy atom. The number of aliphatic hydroxyl groups is 4. The average molecular weight is 930 g/mol. The second-order valence-corrected chi connectivity index (χ2v) is 19.7. The molecule has 16 atom stereocenters. The predicted molar refractivity (Wildman–Crippen MR) is 247 cm³/mol. The highest BCUT2D eigenvalue weighted by atomic mass is 16.6. The third-order valence-electron chi connectivity index (χ3n) is 14.6. The Hall–Kier alpha value is -3.41. The van der Waals surface area contributed by atoms with Gasteiger partial charge in [0.05, 0.1) is 30.5 Å². The first-order chi connectivity index (χ1) is 31.2. The lowest BCUT2D eigenvalue weighted by atomic mass is 9.78. The predicted octanol–water partition coefficient (Wildman–Crippen LogP) is 5.15. The Labute approximate surface area is 392 Å². The number of cyclic esters (lactones) is 1. The van der Waals surface area contributed by atoms with Crippen LogP contribution in [0.3, 0.4) is 0 Å². The second-order valence-electron chi connectivity index (χ2n) is 19.7. The molecule has 2 bridgehead atoms. The molecule has 0 radical (unpaired) electrons. The molecule has 1 unspecified atom stereocenters. The number of Topliss-reactive ketones (excluding diaryl/α,β-unsaturated/α-hetero) is 3. The molecule has 0 aromatic heterocycles. The van der Waals surface area contributed by atoms with Gasteiger partial charge in [0, 0.05) is 64.9 Å². The van der Waals surface area contributed by atoms with E-state index in [0.29, 0.717) is 50.5 Å². The number of aliphatic hydroxyl groups excluding tert-OH is 3. The zero-order valence-electron chi connectivity index (χ0n) is 40.9. The van der Waals surface area contributed by atoms with Crippen molar-refractivity contribution in [1.29, 1.82) is 0 Å². The van der Waals surface area contributed by atoms with E-state index < -0.39 is 90.0 Å². The van der Waals surface area contributed by atoms with Crippen molar-refractivity contribution in [2.75, 3.05) is 27.9 Å². The molecule has 0 aromatic rings. The molecule has 66 heavy (non-hydrogen) atoms. The van der Waals surface area contributed by atoms with Crippen LogP contribution >= 0.6 is 0 Å². The maximum atomic E-state index is 14.4. The Morgan fingerprint density at radius 1 is 0.833 bits per heavy atom. The summed E-state index contributed by atoms with van der Waals surface area (Å²) in [4.78, 5) is 71.8. The zero-order valence-corrected chi connectivity index (χ0v) is 40.9. The summed E-state index contributed by atoms with van der Waals surface area (Å²) in [5.74, 6) is -9.21. The van der Waals surface area contributed by atoms with Crippen molar-refractivity contribution in [1.82, 2.24) is 4.90 Å². The fourth-order valence-corrected chi connectivity index (χ4v) is 10.2. The largest absolute Gasteiger partial charge is 0.460 e. The standard InChI is InChI=1S/C51H79NO14/c1-29-16-12-11-13-17-30(2)42(62-8)27-37-26-41(55)35(7)51(61,66-37)48(58)49(59)52-21-15-14-18-38(52)50(60)65-43(32(4)24-36-19-20-39(53)44(25-36)63-9)28-40(54)31(3)23-34(6)46(57)47(64-10)45(56)33(5)22-29/h11-13,16-17,23,29,31-33,35-39,41-44,46-47,53,55,57,61H,14-15,18-22,24-28H2,1-10H3/b13-11?,16-12-,30-17?,34-23-/t29-,31+,32+,33+,35+,36-,37-,38-,39+,41?,42+,43-,44+,46+,47-,51+/m0/s1. The van der Waals surface area contributed by atoms with Crippen LogP contribution in [0, 0.1) is 35.5 Å². The van der Waals surface area contributed by atoms with Gasteiger partial charge in [-0.15, -0.1) is 0 Å². The van der Waals surface area contributed by atoms with Crippen LogP contribution in [0.1, 0.15) is 119 Å². The van der Waals surface area contributed by atoms with Crippen molar-refractivity contribution >= 4 is 29.2 Å². The first-order valence-corrected chi connectivity index (χ1v) is 24.0. The molecule has 4 rings (SSSR count). The van der Waals surface area contributed by atoms with Crippen LogP contribution in [-0.4, -0.2) is 143 Å². The number of esters is 1. The summed E-state index contributed by atoms with van der Waals surface area (Å²) in [6.07, 6.45) is 7.94. The number of carbonyl (C=O) groups is 5. The van der Waals surface area contributed by atoms with Crippen molar-refractivity contribution < 1.29 is 68.1 Å².